The maximum atomic E-state index is 12.7. The highest BCUT2D eigenvalue weighted by Gasteiger charge is 2.33. The van der Waals surface area contributed by atoms with Crippen LogP contribution in [0.4, 0.5) is 24.3 Å². The summed E-state index contributed by atoms with van der Waals surface area (Å²) >= 11 is 1.13. The highest BCUT2D eigenvalue weighted by atomic mass is 32.1. The molecular formula is C24H22F3N5O5S. The van der Waals surface area contributed by atoms with Crippen LogP contribution < -0.4 is 10.1 Å². The number of Topliss-reactive ketones (excluding diaryl/α,β-unsaturated/α-hetero) is 1. The molecule has 2 atom stereocenters. The number of amides is 1. The SMILES string of the molecule is Cn1c(Nc2nc3ccc(OC(F)(F)F)cc3s2)nc2cc(C(=O)CCC(=O)N3C[C@H](O)[C@@H](O)C3)ccc21. The molecule has 0 radical (unpaired) electrons. The summed E-state index contributed by atoms with van der Waals surface area (Å²) in [5.74, 6) is -0.481. The second kappa shape index (κ2) is 9.85. The topological polar surface area (TPSA) is 130 Å². The smallest absolute Gasteiger partial charge is 0.406 e. The van der Waals surface area contributed by atoms with Crippen LogP contribution in [0.3, 0.4) is 0 Å². The predicted octanol–water partition coefficient (Wildman–Crippen LogP) is 3.35. The number of ketones is 1. The molecule has 3 heterocycles. The van der Waals surface area contributed by atoms with Gasteiger partial charge in [-0.25, -0.2) is 9.97 Å². The van der Waals surface area contributed by atoms with Crippen molar-refractivity contribution in [2.75, 3.05) is 18.4 Å². The first-order valence-electron chi connectivity index (χ1n) is 11.5. The maximum Gasteiger partial charge on any atom is 0.573 e. The van der Waals surface area contributed by atoms with Gasteiger partial charge in [-0.05, 0) is 30.3 Å². The zero-order valence-corrected chi connectivity index (χ0v) is 20.7. The number of alkyl halides is 3. The van der Waals surface area contributed by atoms with E-state index in [0.717, 1.165) is 16.9 Å². The summed E-state index contributed by atoms with van der Waals surface area (Å²) in [4.78, 5) is 35.3. The number of ether oxygens (including phenoxy) is 1. The highest BCUT2D eigenvalue weighted by molar-refractivity contribution is 7.22. The summed E-state index contributed by atoms with van der Waals surface area (Å²) in [6.07, 6.45) is -6.82. The molecule has 0 aliphatic carbocycles. The second-order valence-electron chi connectivity index (χ2n) is 8.88. The molecule has 10 nitrogen and oxygen atoms in total. The summed E-state index contributed by atoms with van der Waals surface area (Å²) in [5.41, 5.74) is 2.13. The van der Waals surface area contributed by atoms with Gasteiger partial charge in [-0.15, -0.1) is 13.2 Å². The molecular weight excluding hydrogens is 527 g/mol. The molecule has 0 unspecified atom stereocenters. The molecule has 1 aliphatic rings. The van der Waals surface area contributed by atoms with Gasteiger partial charge in [-0.2, -0.15) is 0 Å². The van der Waals surface area contributed by atoms with Crippen LogP contribution in [-0.4, -0.2) is 73.0 Å². The number of benzene rings is 2. The summed E-state index contributed by atoms with van der Waals surface area (Å²) in [6.45, 7) is 0.0854. The van der Waals surface area contributed by atoms with Crippen molar-refractivity contribution in [3.8, 4) is 5.75 Å². The lowest BCUT2D eigenvalue weighted by Crippen LogP contribution is -2.30. The fourth-order valence-electron chi connectivity index (χ4n) is 4.23. The van der Waals surface area contributed by atoms with Crippen LogP contribution in [-0.2, 0) is 11.8 Å². The van der Waals surface area contributed by atoms with Gasteiger partial charge in [0.25, 0.3) is 0 Å². The zero-order valence-electron chi connectivity index (χ0n) is 19.9. The van der Waals surface area contributed by atoms with Gasteiger partial charge in [0.15, 0.2) is 10.9 Å². The molecule has 4 aromatic rings. The van der Waals surface area contributed by atoms with E-state index in [-0.39, 0.29) is 43.4 Å². The van der Waals surface area contributed by atoms with Crippen molar-refractivity contribution < 1.29 is 37.7 Å². The van der Waals surface area contributed by atoms with Gasteiger partial charge in [0.1, 0.15) is 5.75 Å². The van der Waals surface area contributed by atoms with Crippen LogP contribution in [0, 0.1) is 0 Å². The third-order valence-corrected chi connectivity index (χ3v) is 7.13. The molecule has 1 fully saturated rings. The standard InChI is InChI=1S/C24H22F3N5O5S/c1-31-16-5-2-12(17(33)6-7-21(36)32-10-18(34)19(35)11-32)8-15(16)28-22(31)30-23-29-14-4-3-13(9-20(14)38-23)37-24(25,26)27/h2-5,8-9,18-19,34-35H,6-7,10-11H2,1H3,(H,28,29,30)/t18-,19-/m0/s1. The molecule has 1 amide bonds. The average molecular weight is 550 g/mol. The van der Waals surface area contributed by atoms with Crippen molar-refractivity contribution in [2.45, 2.75) is 31.4 Å². The fraction of sp³-hybridized carbons (Fsp3) is 0.333. The van der Waals surface area contributed by atoms with Crippen molar-refractivity contribution in [3.05, 3.63) is 42.0 Å². The number of imidazole rings is 1. The number of thiazole rings is 1. The highest BCUT2D eigenvalue weighted by Crippen LogP contribution is 2.33. The number of carbonyl (C=O) groups excluding carboxylic acids is 2. The first kappa shape index (κ1) is 25.9. The number of carbonyl (C=O) groups is 2. The molecule has 200 valence electrons. The number of halogens is 3. The molecule has 0 bridgehead atoms. The molecule has 2 aromatic heterocycles. The quantitative estimate of drug-likeness (QED) is 0.300. The number of anilines is 2. The Kier molecular flexibility index (Phi) is 6.71. The number of aromatic nitrogens is 3. The number of fused-ring (bicyclic) bond motifs is 2. The van der Waals surface area contributed by atoms with Gasteiger partial charge in [0, 0.05) is 44.6 Å². The number of hydrogen-bond acceptors (Lipinski definition) is 9. The lowest BCUT2D eigenvalue weighted by atomic mass is 10.1. The third-order valence-electron chi connectivity index (χ3n) is 6.19. The molecule has 1 saturated heterocycles. The van der Waals surface area contributed by atoms with E-state index in [2.05, 4.69) is 20.0 Å². The summed E-state index contributed by atoms with van der Waals surface area (Å²) < 4.78 is 43.8. The Balaban J connectivity index is 1.28. The van der Waals surface area contributed by atoms with E-state index in [9.17, 15) is 33.0 Å². The van der Waals surface area contributed by atoms with Gasteiger partial charge in [0.05, 0.1) is 33.5 Å². The molecule has 14 heteroatoms. The van der Waals surface area contributed by atoms with Crippen LogP contribution in [0.5, 0.6) is 5.75 Å². The molecule has 5 rings (SSSR count). The van der Waals surface area contributed by atoms with E-state index in [1.54, 1.807) is 29.8 Å². The Morgan fingerprint density at radius 1 is 1.08 bits per heavy atom. The molecule has 38 heavy (non-hydrogen) atoms. The van der Waals surface area contributed by atoms with Crippen LogP contribution in [0.1, 0.15) is 23.2 Å². The third kappa shape index (κ3) is 5.42. The Hall–Kier alpha value is -3.75. The Bertz CT molecular complexity index is 1530. The average Bonchev–Trinajstić information content (AvgIpc) is 3.50. The molecule has 0 saturated carbocycles. The number of rotatable bonds is 7. The largest absolute Gasteiger partial charge is 0.573 e. The summed E-state index contributed by atoms with van der Waals surface area (Å²) in [6, 6.07) is 8.88. The van der Waals surface area contributed by atoms with Crippen molar-refractivity contribution in [1.29, 1.82) is 0 Å². The van der Waals surface area contributed by atoms with Crippen molar-refractivity contribution in [2.24, 2.45) is 7.05 Å². The summed E-state index contributed by atoms with van der Waals surface area (Å²) in [5, 5.41) is 22.7. The van der Waals surface area contributed by atoms with E-state index in [4.69, 9.17) is 0 Å². The van der Waals surface area contributed by atoms with Gasteiger partial charge in [-0.3, -0.25) is 9.59 Å². The van der Waals surface area contributed by atoms with E-state index < -0.39 is 18.6 Å². The fourth-order valence-corrected chi connectivity index (χ4v) is 5.12. The maximum absolute atomic E-state index is 12.7. The molecule has 3 N–H and O–H groups in total. The van der Waals surface area contributed by atoms with Gasteiger partial charge < -0.3 is 29.7 Å². The van der Waals surface area contributed by atoms with Crippen LogP contribution in [0.25, 0.3) is 21.3 Å². The molecule has 0 spiro atoms. The minimum atomic E-state index is -4.79. The van der Waals surface area contributed by atoms with Gasteiger partial charge in [0.2, 0.25) is 11.9 Å². The lowest BCUT2D eigenvalue weighted by Gasteiger charge is -2.14. The van der Waals surface area contributed by atoms with Gasteiger partial charge in [-0.1, -0.05) is 11.3 Å². The lowest BCUT2D eigenvalue weighted by molar-refractivity contribution is -0.274. The Labute approximate surface area is 217 Å². The minimum Gasteiger partial charge on any atom is -0.406 e. The van der Waals surface area contributed by atoms with Crippen LogP contribution in [0.2, 0.25) is 0 Å². The Morgan fingerprint density at radius 3 is 2.53 bits per heavy atom. The summed E-state index contributed by atoms with van der Waals surface area (Å²) in [7, 11) is 1.76. The van der Waals surface area contributed by atoms with Crippen molar-refractivity contribution in [3.63, 3.8) is 0 Å². The normalized spacial score (nSPS) is 17.9. The number of nitrogens with zero attached hydrogens (tertiary/aromatic N) is 4. The first-order valence-corrected chi connectivity index (χ1v) is 12.4. The number of hydrogen-bond donors (Lipinski definition) is 3. The predicted molar refractivity (Wildman–Crippen MR) is 132 cm³/mol. The first-order chi connectivity index (χ1) is 18.0. The number of aliphatic hydroxyl groups excluding tert-OH is 2. The van der Waals surface area contributed by atoms with E-state index in [0.29, 0.717) is 32.4 Å². The van der Waals surface area contributed by atoms with E-state index in [1.807, 2.05) is 0 Å². The van der Waals surface area contributed by atoms with Crippen LogP contribution in [0.15, 0.2) is 36.4 Å². The zero-order chi connectivity index (χ0) is 27.2. The molecule has 1 aliphatic heterocycles. The van der Waals surface area contributed by atoms with E-state index in [1.165, 1.54) is 23.1 Å². The van der Waals surface area contributed by atoms with Crippen molar-refractivity contribution >= 4 is 55.4 Å². The Morgan fingerprint density at radius 2 is 1.82 bits per heavy atom. The monoisotopic (exact) mass is 549 g/mol. The van der Waals surface area contributed by atoms with Crippen molar-refractivity contribution in [1.82, 2.24) is 19.4 Å². The van der Waals surface area contributed by atoms with Gasteiger partial charge >= 0.3 is 6.36 Å². The number of aryl methyl sites for hydroxylation is 1. The van der Waals surface area contributed by atoms with E-state index >= 15 is 0 Å². The number of β-amino-alcohol motifs (C(OH)–C–C–N with tert-alkyl or cyclic N) is 2. The second-order valence-corrected chi connectivity index (χ2v) is 9.91. The minimum absolute atomic E-state index is 0.0310. The number of nitrogens with one attached hydrogen (secondary N) is 1. The molecule has 2 aromatic carbocycles. The van der Waals surface area contributed by atoms with Crippen LogP contribution >= 0.6 is 11.3 Å². The number of aliphatic hydroxyl groups is 2. The number of likely N-dealkylation sites (tertiary alicyclic amines) is 1.